The Morgan fingerprint density at radius 3 is 2.24 bits per heavy atom. The lowest BCUT2D eigenvalue weighted by molar-refractivity contribution is 0.163. The highest BCUT2D eigenvalue weighted by Crippen LogP contribution is 2.09. The van der Waals surface area contributed by atoms with Crippen molar-refractivity contribution in [2.75, 3.05) is 47.1 Å². The Kier molecular flexibility index (Phi) is 8.71. The summed E-state index contributed by atoms with van der Waals surface area (Å²) in [7, 11) is -0.359. The van der Waals surface area contributed by atoms with Crippen LogP contribution in [-0.4, -0.2) is 70.2 Å². The van der Waals surface area contributed by atoms with Gasteiger partial charge in [-0.15, -0.1) is 0 Å². The van der Waals surface area contributed by atoms with Crippen molar-refractivity contribution >= 4 is 10.0 Å². The van der Waals surface area contributed by atoms with Crippen molar-refractivity contribution in [2.45, 2.75) is 18.6 Å². The fraction of sp³-hybridized carbons (Fsp3) is 1.00. The van der Waals surface area contributed by atoms with E-state index in [0.717, 1.165) is 0 Å². The van der Waals surface area contributed by atoms with Crippen LogP contribution in [0.3, 0.4) is 0 Å². The average Bonchev–Trinajstić information content (AvgIpc) is 2.32. The first-order valence-corrected chi connectivity index (χ1v) is 7.08. The molecule has 0 amide bonds. The molecular formula is C10H23NO5S. The lowest BCUT2D eigenvalue weighted by atomic mass is 10.4. The highest BCUT2D eigenvalue weighted by molar-refractivity contribution is 7.89. The summed E-state index contributed by atoms with van der Waals surface area (Å²) in [5.74, 6) is 0. The minimum atomic E-state index is -3.46. The van der Waals surface area contributed by atoms with E-state index >= 15 is 0 Å². The number of methoxy groups -OCH3 is 2. The van der Waals surface area contributed by atoms with Gasteiger partial charge in [-0.3, -0.25) is 0 Å². The van der Waals surface area contributed by atoms with Gasteiger partial charge >= 0.3 is 0 Å². The molecule has 104 valence electrons. The van der Waals surface area contributed by atoms with Crippen LogP contribution in [0, 0.1) is 0 Å². The maximum Gasteiger partial charge on any atom is 0.219 e. The van der Waals surface area contributed by atoms with E-state index in [4.69, 9.17) is 14.6 Å². The van der Waals surface area contributed by atoms with Gasteiger partial charge in [-0.1, -0.05) is 0 Å². The maximum absolute atomic E-state index is 12.0. The molecule has 0 aromatic heterocycles. The predicted octanol–water partition coefficient (Wildman–Crippen LogP) is -0.318. The lowest BCUT2D eigenvalue weighted by Gasteiger charge is -2.24. The Balaban J connectivity index is 4.54. The summed E-state index contributed by atoms with van der Waals surface area (Å²) >= 11 is 0. The van der Waals surface area contributed by atoms with Crippen LogP contribution in [0.15, 0.2) is 0 Å². The molecule has 0 fully saturated rings. The smallest absolute Gasteiger partial charge is 0.219 e. The molecule has 0 aromatic carbocycles. The van der Waals surface area contributed by atoms with Gasteiger partial charge in [0.2, 0.25) is 10.0 Å². The molecule has 0 aromatic rings. The van der Waals surface area contributed by atoms with Gasteiger partial charge in [0.25, 0.3) is 0 Å². The van der Waals surface area contributed by atoms with E-state index in [2.05, 4.69) is 0 Å². The second-order valence-corrected chi connectivity index (χ2v) is 6.13. The van der Waals surface area contributed by atoms with Gasteiger partial charge in [-0.2, -0.15) is 4.31 Å². The summed E-state index contributed by atoms with van der Waals surface area (Å²) < 4.78 is 35.2. The SMILES string of the molecule is COCCCN(CCOC)S(=O)(=O)C(C)CO. The number of aliphatic hydroxyl groups is 1. The number of aliphatic hydroxyl groups excluding tert-OH is 1. The molecule has 0 aliphatic heterocycles. The Hall–Kier alpha value is -0.210. The molecule has 1 atom stereocenters. The zero-order valence-electron chi connectivity index (χ0n) is 10.8. The van der Waals surface area contributed by atoms with Gasteiger partial charge < -0.3 is 14.6 Å². The minimum Gasteiger partial charge on any atom is -0.395 e. The third-order valence-corrected chi connectivity index (χ3v) is 4.68. The van der Waals surface area contributed by atoms with Crippen LogP contribution in [-0.2, 0) is 19.5 Å². The molecule has 17 heavy (non-hydrogen) atoms. The molecule has 0 bridgehead atoms. The number of nitrogens with zero attached hydrogens (tertiary/aromatic N) is 1. The maximum atomic E-state index is 12.0. The number of ether oxygens (including phenoxy) is 2. The van der Waals surface area contributed by atoms with Crippen LogP contribution in [0.4, 0.5) is 0 Å². The Morgan fingerprint density at radius 2 is 1.76 bits per heavy atom. The fourth-order valence-corrected chi connectivity index (χ4v) is 2.70. The largest absolute Gasteiger partial charge is 0.395 e. The first-order valence-electron chi connectivity index (χ1n) is 5.58. The second kappa shape index (κ2) is 8.82. The molecule has 6 nitrogen and oxygen atoms in total. The van der Waals surface area contributed by atoms with E-state index in [1.54, 1.807) is 7.11 Å². The van der Waals surface area contributed by atoms with E-state index in [9.17, 15) is 8.42 Å². The van der Waals surface area contributed by atoms with Crippen molar-refractivity contribution in [3.05, 3.63) is 0 Å². The van der Waals surface area contributed by atoms with Crippen molar-refractivity contribution < 1.29 is 23.0 Å². The van der Waals surface area contributed by atoms with E-state index in [-0.39, 0.29) is 6.61 Å². The van der Waals surface area contributed by atoms with E-state index in [1.807, 2.05) is 0 Å². The van der Waals surface area contributed by atoms with Crippen LogP contribution < -0.4 is 0 Å². The van der Waals surface area contributed by atoms with Gasteiger partial charge in [-0.25, -0.2) is 8.42 Å². The van der Waals surface area contributed by atoms with Crippen LogP contribution in [0.1, 0.15) is 13.3 Å². The summed E-state index contributed by atoms with van der Waals surface area (Å²) in [6, 6.07) is 0. The normalized spacial score (nSPS) is 14.2. The lowest BCUT2D eigenvalue weighted by Crippen LogP contribution is -2.41. The topological polar surface area (TPSA) is 76.1 Å². The highest BCUT2D eigenvalue weighted by Gasteiger charge is 2.27. The van der Waals surface area contributed by atoms with E-state index in [1.165, 1.54) is 18.3 Å². The number of hydrogen-bond donors (Lipinski definition) is 1. The monoisotopic (exact) mass is 269 g/mol. The molecule has 0 spiro atoms. The van der Waals surface area contributed by atoms with Crippen LogP contribution in [0.25, 0.3) is 0 Å². The summed E-state index contributed by atoms with van der Waals surface area (Å²) in [6.45, 7) is 2.63. The van der Waals surface area contributed by atoms with Crippen molar-refractivity contribution in [1.82, 2.24) is 4.31 Å². The van der Waals surface area contributed by atoms with Crippen molar-refractivity contribution in [3.63, 3.8) is 0 Å². The number of hydrogen-bond acceptors (Lipinski definition) is 5. The summed E-state index contributed by atoms with van der Waals surface area (Å²) in [5, 5.41) is 8.16. The van der Waals surface area contributed by atoms with Gasteiger partial charge in [0.15, 0.2) is 0 Å². The molecule has 1 N–H and O–H groups in total. The summed E-state index contributed by atoms with van der Waals surface area (Å²) in [6.07, 6.45) is 0.623. The Morgan fingerprint density at radius 1 is 1.18 bits per heavy atom. The fourth-order valence-electron chi connectivity index (χ4n) is 1.29. The van der Waals surface area contributed by atoms with Crippen molar-refractivity contribution in [3.8, 4) is 0 Å². The number of rotatable bonds is 10. The zero-order chi connectivity index (χ0) is 13.3. The Labute approximate surface area is 104 Å². The second-order valence-electron chi connectivity index (χ2n) is 3.78. The highest BCUT2D eigenvalue weighted by atomic mass is 32.2. The summed E-state index contributed by atoms with van der Waals surface area (Å²) in [4.78, 5) is 0. The van der Waals surface area contributed by atoms with Crippen molar-refractivity contribution in [1.29, 1.82) is 0 Å². The molecule has 0 aliphatic rings. The quantitative estimate of drug-likeness (QED) is 0.550. The standard InChI is InChI=1S/C10H23NO5S/c1-10(9-12)17(13,14)11(6-8-16-3)5-4-7-15-2/h10,12H,4-9H2,1-3H3. The van der Waals surface area contributed by atoms with Crippen LogP contribution in [0.5, 0.6) is 0 Å². The van der Waals surface area contributed by atoms with Gasteiger partial charge in [0.05, 0.1) is 18.5 Å². The minimum absolute atomic E-state index is 0.298. The van der Waals surface area contributed by atoms with Crippen molar-refractivity contribution in [2.24, 2.45) is 0 Å². The van der Waals surface area contributed by atoms with E-state index < -0.39 is 15.3 Å². The predicted molar refractivity (Wildman–Crippen MR) is 65.4 cm³/mol. The van der Waals surface area contributed by atoms with E-state index in [0.29, 0.717) is 32.7 Å². The van der Waals surface area contributed by atoms with Crippen LogP contribution in [0.2, 0.25) is 0 Å². The number of sulfonamides is 1. The molecule has 1 unspecified atom stereocenters. The molecule has 7 heteroatoms. The first kappa shape index (κ1) is 16.8. The molecule has 0 radical (unpaired) electrons. The summed E-state index contributed by atoms with van der Waals surface area (Å²) in [5.41, 5.74) is 0. The van der Waals surface area contributed by atoms with Gasteiger partial charge in [-0.05, 0) is 13.3 Å². The molecule has 0 rings (SSSR count). The Bertz CT molecular complexity index is 280. The zero-order valence-corrected chi connectivity index (χ0v) is 11.6. The third kappa shape index (κ3) is 5.78. The van der Waals surface area contributed by atoms with Gasteiger partial charge in [0, 0.05) is 33.9 Å². The molecule has 0 aliphatic carbocycles. The molecular weight excluding hydrogens is 246 g/mol. The van der Waals surface area contributed by atoms with Gasteiger partial charge in [0.1, 0.15) is 0 Å². The average molecular weight is 269 g/mol. The third-order valence-electron chi connectivity index (χ3n) is 2.43. The molecule has 0 saturated carbocycles. The van der Waals surface area contributed by atoms with Crippen LogP contribution >= 0.6 is 0 Å². The molecule has 0 saturated heterocycles. The first-order chi connectivity index (χ1) is 8.00. The molecule has 0 heterocycles.